The molecule has 0 saturated heterocycles. The van der Waals surface area contributed by atoms with Crippen LogP contribution in [0.15, 0.2) is 10.5 Å². The number of anilines is 1. The standard InChI is InChI=1S/C8H6BrF4N/c1-3-6(9)4(8(11,12)13)2-5(10)7(3)14/h2H,14H2,1H3. The molecule has 1 aromatic carbocycles. The average Bonchev–Trinajstić information content (AvgIpc) is 2.06. The third-order valence-electron chi connectivity index (χ3n) is 1.80. The monoisotopic (exact) mass is 271 g/mol. The van der Waals surface area contributed by atoms with E-state index in [2.05, 4.69) is 15.9 Å². The molecule has 6 heteroatoms. The van der Waals surface area contributed by atoms with Crippen molar-refractivity contribution in [3.63, 3.8) is 0 Å². The molecule has 1 aromatic rings. The smallest absolute Gasteiger partial charge is 0.396 e. The fourth-order valence-corrected chi connectivity index (χ4v) is 1.53. The third-order valence-corrected chi connectivity index (χ3v) is 2.83. The lowest BCUT2D eigenvalue weighted by molar-refractivity contribution is -0.138. The highest BCUT2D eigenvalue weighted by atomic mass is 79.9. The van der Waals surface area contributed by atoms with Crippen molar-refractivity contribution in [3.8, 4) is 0 Å². The summed E-state index contributed by atoms with van der Waals surface area (Å²) in [7, 11) is 0. The Hall–Kier alpha value is -0.780. The first-order valence-electron chi connectivity index (χ1n) is 3.56. The van der Waals surface area contributed by atoms with Gasteiger partial charge in [-0.25, -0.2) is 4.39 Å². The molecule has 0 radical (unpaired) electrons. The number of nitrogen functional groups attached to an aromatic ring is 1. The van der Waals surface area contributed by atoms with Gasteiger partial charge in [-0.2, -0.15) is 13.2 Å². The lowest BCUT2D eigenvalue weighted by Crippen LogP contribution is -2.09. The van der Waals surface area contributed by atoms with Gasteiger partial charge in [0.15, 0.2) is 0 Å². The fourth-order valence-electron chi connectivity index (χ4n) is 0.973. The molecular weight excluding hydrogens is 266 g/mol. The molecule has 0 spiro atoms. The van der Waals surface area contributed by atoms with Crippen LogP contribution in [0.5, 0.6) is 0 Å². The zero-order valence-corrected chi connectivity index (χ0v) is 8.63. The van der Waals surface area contributed by atoms with Crippen LogP contribution in [-0.4, -0.2) is 0 Å². The number of halogens is 5. The summed E-state index contributed by atoms with van der Waals surface area (Å²) in [6.45, 7) is 1.32. The van der Waals surface area contributed by atoms with E-state index in [1.54, 1.807) is 0 Å². The first-order chi connectivity index (χ1) is 6.25. The van der Waals surface area contributed by atoms with Crippen LogP contribution in [0.25, 0.3) is 0 Å². The summed E-state index contributed by atoms with van der Waals surface area (Å²) in [6, 6.07) is 0.381. The number of nitrogens with two attached hydrogens (primary N) is 1. The highest BCUT2D eigenvalue weighted by Crippen LogP contribution is 2.39. The normalized spacial score (nSPS) is 11.9. The number of rotatable bonds is 0. The second-order valence-corrected chi connectivity index (χ2v) is 3.55. The lowest BCUT2D eigenvalue weighted by Gasteiger charge is -2.13. The Balaban J connectivity index is 3.49. The van der Waals surface area contributed by atoms with Gasteiger partial charge in [-0.1, -0.05) is 0 Å². The third kappa shape index (κ3) is 1.84. The van der Waals surface area contributed by atoms with Crippen molar-refractivity contribution in [3.05, 3.63) is 27.5 Å². The van der Waals surface area contributed by atoms with Crippen molar-refractivity contribution in [1.29, 1.82) is 0 Å². The maximum atomic E-state index is 12.9. The van der Waals surface area contributed by atoms with E-state index >= 15 is 0 Å². The van der Waals surface area contributed by atoms with Crippen LogP contribution in [0.4, 0.5) is 23.2 Å². The van der Waals surface area contributed by atoms with Crippen LogP contribution in [0.3, 0.4) is 0 Å². The van der Waals surface area contributed by atoms with Crippen LogP contribution in [0, 0.1) is 12.7 Å². The van der Waals surface area contributed by atoms with Crippen LogP contribution in [0.2, 0.25) is 0 Å². The predicted octanol–water partition coefficient (Wildman–Crippen LogP) is 3.50. The number of hydrogen-bond donors (Lipinski definition) is 1. The van der Waals surface area contributed by atoms with Crippen molar-refractivity contribution in [2.75, 3.05) is 5.73 Å². The van der Waals surface area contributed by atoms with Gasteiger partial charge in [0.05, 0.1) is 11.3 Å². The molecule has 0 aliphatic heterocycles. The van der Waals surface area contributed by atoms with Crippen molar-refractivity contribution in [2.45, 2.75) is 13.1 Å². The van der Waals surface area contributed by atoms with Crippen molar-refractivity contribution < 1.29 is 17.6 Å². The van der Waals surface area contributed by atoms with Gasteiger partial charge in [0.25, 0.3) is 0 Å². The topological polar surface area (TPSA) is 26.0 Å². The average molecular weight is 272 g/mol. The van der Waals surface area contributed by atoms with Crippen molar-refractivity contribution >= 4 is 21.6 Å². The molecule has 1 nitrogen and oxygen atoms in total. The molecule has 78 valence electrons. The van der Waals surface area contributed by atoms with E-state index in [9.17, 15) is 17.6 Å². The molecule has 0 aliphatic carbocycles. The van der Waals surface area contributed by atoms with Crippen LogP contribution in [-0.2, 0) is 6.18 Å². The Labute approximate surface area is 86.0 Å². The quantitative estimate of drug-likeness (QED) is 0.567. The number of benzene rings is 1. The molecule has 1 rings (SSSR count). The van der Waals surface area contributed by atoms with Crippen LogP contribution < -0.4 is 5.73 Å². The molecule has 0 atom stereocenters. The van der Waals surface area contributed by atoms with Gasteiger partial charge in [0.2, 0.25) is 0 Å². The maximum absolute atomic E-state index is 12.9. The summed E-state index contributed by atoms with van der Waals surface area (Å²) < 4.78 is 49.6. The molecule has 0 aromatic heterocycles. The van der Waals surface area contributed by atoms with E-state index in [1.165, 1.54) is 6.92 Å². The van der Waals surface area contributed by atoms with Gasteiger partial charge in [-0.05, 0) is 34.5 Å². The number of hydrogen-bond acceptors (Lipinski definition) is 1. The van der Waals surface area contributed by atoms with Gasteiger partial charge in [-0.15, -0.1) is 0 Å². The Bertz CT molecular complexity index is 373. The molecule has 0 heterocycles. The first-order valence-corrected chi connectivity index (χ1v) is 4.35. The molecule has 0 amide bonds. The minimum atomic E-state index is -4.59. The van der Waals surface area contributed by atoms with Gasteiger partial charge in [-0.3, -0.25) is 0 Å². The van der Waals surface area contributed by atoms with Crippen molar-refractivity contribution in [1.82, 2.24) is 0 Å². The van der Waals surface area contributed by atoms with Crippen LogP contribution in [0.1, 0.15) is 11.1 Å². The minimum Gasteiger partial charge on any atom is -0.396 e. The lowest BCUT2D eigenvalue weighted by atomic mass is 10.1. The molecule has 14 heavy (non-hydrogen) atoms. The summed E-state index contributed by atoms with van der Waals surface area (Å²) in [5.74, 6) is -1.06. The van der Waals surface area contributed by atoms with Gasteiger partial charge in [0.1, 0.15) is 5.82 Å². The zero-order chi connectivity index (χ0) is 11.1. The van der Waals surface area contributed by atoms with E-state index in [0.29, 0.717) is 6.07 Å². The summed E-state index contributed by atoms with van der Waals surface area (Å²) in [4.78, 5) is 0. The second-order valence-electron chi connectivity index (χ2n) is 2.76. The van der Waals surface area contributed by atoms with Gasteiger partial charge >= 0.3 is 6.18 Å². The Morgan fingerprint density at radius 3 is 2.29 bits per heavy atom. The Kier molecular flexibility index (Phi) is 2.76. The molecule has 0 bridgehead atoms. The van der Waals surface area contributed by atoms with Crippen LogP contribution >= 0.6 is 15.9 Å². The summed E-state index contributed by atoms with van der Waals surface area (Å²) in [6.07, 6.45) is -4.59. The fraction of sp³-hybridized carbons (Fsp3) is 0.250. The summed E-state index contributed by atoms with van der Waals surface area (Å²) in [5.41, 5.74) is 3.95. The predicted molar refractivity (Wildman–Crippen MR) is 48.3 cm³/mol. The molecule has 0 aliphatic rings. The maximum Gasteiger partial charge on any atom is 0.417 e. The van der Waals surface area contributed by atoms with Gasteiger partial charge < -0.3 is 5.73 Å². The summed E-state index contributed by atoms with van der Waals surface area (Å²) in [5, 5.41) is 0. The molecule has 2 N–H and O–H groups in total. The molecule has 0 unspecified atom stereocenters. The van der Waals surface area contributed by atoms with E-state index in [0.717, 1.165) is 0 Å². The zero-order valence-electron chi connectivity index (χ0n) is 7.04. The largest absolute Gasteiger partial charge is 0.417 e. The second kappa shape index (κ2) is 3.42. The van der Waals surface area contributed by atoms with E-state index in [4.69, 9.17) is 5.73 Å². The van der Waals surface area contributed by atoms with Crippen molar-refractivity contribution in [2.24, 2.45) is 0 Å². The highest BCUT2D eigenvalue weighted by Gasteiger charge is 2.34. The Morgan fingerprint density at radius 1 is 1.36 bits per heavy atom. The molecular formula is C8H6BrF4N. The molecule has 0 fully saturated rings. The number of alkyl halides is 3. The van der Waals surface area contributed by atoms with E-state index in [1.807, 2.05) is 0 Å². The van der Waals surface area contributed by atoms with E-state index < -0.39 is 17.6 Å². The summed E-state index contributed by atoms with van der Waals surface area (Å²) >= 11 is 2.73. The minimum absolute atomic E-state index is 0.0531. The molecule has 0 saturated carbocycles. The highest BCUT2D eigenvalue weighted by molar-refractivity contribution is 9.10. The SMILES string of the molecule is Cc1c(N)c(F)cc(C(F)(F)F)c1Br. The first kappa shape index (κ1) is 11.3. The Morgan fingerprint density at radius 2 is 1.86 bits per heavy atom. The van der Waals surface area contributed by atoms with E-state index in [-0.39, 0.29) is 15.7 Å². The van der Waals surface area contributed by atoms with Gasteiger partial charge in [0, 0.05) is 4.47 Å².